The Morgan fingerprint density at radius 1 is 0.968 bits per heavy atom. The molecule has 3 aromatic rings. The summed E-state index contributed by atoms with van der Waals surface area (Å²) in [6.45, 7) is 6.64. The second kappa shape index (κ2) is 8.76. The standard InChI is InChI=1S/C22H28N6O2S/c1-15-16(2)27-28(17(15)3)22-11-10-21(25-26-22)23-12-13-24-31(29,30)20-9-8-18-6-4-5-7-19(18)14-20/h8-11,14,24H,4-7,12-13H2,1-3H3,(H,23,25). The molecule has 0 atom stereocenters. The molecule has 1 aliphatic carbocycles. The molecule has 2 aromatic heterocycles. The van der Waals surface area contributed by atoms with E-state index in [1.165, 1.54) is 12.0 Å². The van der Waals surface area contributed by atoms with Gasteiger partial charge in [0.15, 0.2) is 5.82 Å². The van der Waals surface area contributed by atoms with Gasteiger partial charge in [-0.05, 0) is 87.4 Å². The third kappa shape index (κ3) is 4.62. The maximum absolute atomic E-state index is 12.6. The van der Waals surface area contributed by atoms with Gasteiger partial charge < -0.3 is 5.32 Å². The molecule has 31 heavy (non-hydrogen) atoms. The van der Waals surface area contributed by atoms with Crippen molar-refractivity contribution >= 4 is 15.8 Å². The Kier molecular flexibility index (Phi) is 6.06. The molecule has 0 amide bonds. The molecule has 0 aliphatic heterocycles. The Hall–Kier alpha value is -2.78. The van der Waals surface area contributed by atoms with Gasteiger partial charge in [0.05, 0.1) is 10.6 Å². The molecule has 1 aromatic carbocycles. The minimum Gasteiger partial charge on any atom is -0.367 e. The summed E-state index contributed by atoms with van der Waals surface area (Å²) < 4.78 is 29.7. The first-order valence-electron chi connectivity index (χ1n) is 10.6. The highest BCUT2D eigenvalue weighted by Crippen LogP contribution is 2.24. The molecule has 4 rings (SSSR count). The van der Waals surface area contributed by atoms with Gasteiger partial charge in [-0.1, -0.05) is 6.07 Å². The fourth-order valence-electron chi connectivity index (χ4n) is 3.81. The maximum Gasteiger partial charge on any atom is 0.240 e. The van der Waals surface area contributed by atoms with Crippen molar-refractivity contribution in [1.29, 1.82) is 0 Å². The van der Waals surface area contributed by atoms with Crippen molar-refractivity contribution in [3.05, 3.63) is 58.4 Å². The predicted molar refractivity (Wildman–Crippen MR) is 120 cm³/mol. The second-order valence-electron chi connectivity index (χ2n) is 7.95. The molecule has 2 heterocycles. The Balaban J connectivity index is 1.32. The average Bonchev–Trinajstić information content (AvgIpc) is 3.04. The molecule has 1 aliphatic rings. The summed E-state index contributed by atoms with van der Waals surface area (Å²) >= 11 is 0. The van der Waals surface area contributed by atoms with Crippen LogP contribution in [0.4, 0.5) is 5.82 Å². The normalized spacial score (nSPS) is 13.8. The lowest BCUT2D eigenvalue weighted by atomic mass is 9.92. The minimum absolute atomic E-state index is 0.250. The lowest BCUT2D eigenvalue weighted by molar-refractivity contribution is 0.582. The average molecular weight is 441 g/mol. The quantitative estimate of drug-likeness (QED) is 0.548. The molecule has 0 radical (unpaired) electrons. The number of benzene rings is 1. The van der Waals surface area contributed by atoms with Gasteiger partial charge in [0.2, 0.25) is 10.0 Å². The van der Waals surface area contributed by atoms with Crippen molar-refractivity contribution in [2.24, 2.45) is 0 Å². The van der Waals surface area contributed by atoms with E-state index in [-0.39, 0.29) is 6.54 Å². The number of nitrogens with zero attached hydrogens (tertiary/aromatic N) is 4. The molecule has 164 valence electrons. The van der Waals surface area contributed by atoms with Gasteiger partial charge in [-0.3, -0.25) is 0 Å². The molecule has 2 N–H and O–H groups in total. The van der Waals surface area contributed by atoms with Gasteiger partial charge in [-0.2, -0.15) is 5.10 Å². The van der Waals surface area contributed by atoms with Crippen LogP contribution in [0.25, 0.3) is 5.82 Å². The zero-order valence-electron chi connectivity index (χ0n) is 18.1. The zero-order chi connectivity index (χ0) is 22.0. The third-order valence-corrected chi connectivity index (χ3v) is 7.33. The lowest BCUT2D eigenvalue weighted by Crippen LogP contribution is -2.29. The predicted octanol–water partition coefficient (Wildman–Crippen LogP) is 2.86. The van der Waals surface area contributed by atoms with Crippen molar-refractivity contribution < 1.29 is 8.42 Å². The Labute approximate surface area is 183 Å². The van der Waals surface area contributed by atoms with Crippen LogP contribution in [-0.4, -0.2) is 41.5 Å². The van der Waals surface area contributed by atoms with Crippen molar-refractivity contribution in [1.82, 2.24) is 24.7 Å². The smallest absolute Gasteiger partial charge is 0.240 e. The summed E-state index contributed by atoms with van der Waals surface area (Å²) in [5.41, 5.74) is 5.55. The van der Waals surface area contributed by atoms with E-state index >= 15 is 0 Å². The SMILES string of the molecule is Cc1nn(-c2ccc(NCCNS(=O)(=O)c3ccc4c(c3)CCCC4)nn2)c(C)c1C. The number of anilines is 1. The second-order valence-corrected chi connectivity index (χ2v) is 9.71. The lowest BCUT2D eigenvalue weighted by Gasteiger charge is -2.16. The number of aromatic nitrogens is 4. The van der Waals surface area contributed by atoms with Crippen LogP contribution >= 0.6 is 0 Å². The monoisotopic (exact) mass is 440 g/mol. The van der Waals surface area contributed by atoms with Crippen LogP contribution in [0, 0.1) is 20.8 Å². The van der Waals surface area contributed by atoms with Gasteiger partial charge in [0.25, 0.3) is 0 Å². The van der Waals surface area contributed by atoms with Gasteiger partial charge in [0, 0.05) is 18.8 Å². The van der Waals surface area contributed by atoms with Crippen LogP contribution in [0.1, 0.15) is 40.9 Å². The highest BCUT2D eigenvalue weighted by Gasteiger charge is 2.17. The largest absolute Gasteiger partial charge is 0.367 e. The van der Waals surface area contributed by atoms with Crippen LogP contribution in [0.2, 0.25) is 0 Å². The van der Waals surface area contributed by atoms with Crippen molar-refractivity contribution in [2.75, 3.05) is 18.4 Å². The van der Waals surface area contributed by atoms with E-state index < -0.39 is 10.0 Å². The number of nitrogens with one attached hydrogen (secondary N) is 2. The van der Waals surface area contributed by atoms with Gasteiger partial charge in [-0.25, -0.2) is 17.8 Å². The molecular formula is C22H28N6O2S. The zero-order valence-corrected chi connectivity index (χ0v) is 19.0. The Morgan fingerprint density at radius 3 is 2.42 bits per heavy atom. The van der Waals surface area contributed by atoms with Gasteiger partial charge in [0.1, 0.15) is 5.82 Å². The molecular weight excluding hydrogens is 412 g/mol. The molecule has 0 unspecified atom stereocenters. The van der Waals surface area contributed by atoms with Gasteiger partial charge in [-0.15, -0.1) is 10.2 Å². The highest BCUT2D eigenvalue weighted by atomic mass is 32.2. The number of hydrogen-bond donors (Lipinski definition) is 2. The molecule has 0 fully saturated rings. The third-order valence-electron chi connectivity index (χ3n) is 5.87. The summed E-state index contributed by atoms with van der Waals surface area (Å²) in [5, 5.41) is 16.0. The Bertz CT molecular complexity index is 1190. The first kappa shape index (κ1) is 21.5. The van der Waals surface area contributed by atoms with E-state index in [2.05, 4.69) is 25.3 Å². The molecule has 0 spiro atoms. The maximum atomic E-state index is 12.6. The van der Waals surface area contributed by atoms with Crippen LogP contribution in [0.3, 0.4) is 0 Å². The highest BCUT2D eigenvalue weighted by molar-refractivity contribution is 7.89. The molecule has 9 heteroatoms. The summed E-state index contributed by atoms with van der Waals surface area (Å²) in [6.07, 6.45) is 4.28. The van der Waals surface area contributed by atoms with E-state index in [9.17, 15) is 8.42 Å². The van der Waals surface area contributed by atoms with Crippen LogP contribution in [-0.2, 0) is 22.9 Å². The van der Waals surface area contributed by atoms with E-state index in [4.69, 9.17) is 0 Å². The summed E-state index contributed by atoms with van der Waals surface area (Å²) in [5.74, 6) is 1.22. The molecule has 0 bridgehead atoms. The number of fused-ring (bicyclic) bond motifs is 1. The fourth-order valence-corrected chi connectivity index (χ4v) is 4.89. The van der Waals surface area contributed by atoms with Gasteiger partial charge >= 0.3 is 0 Å². The van der Waals surface area contributed by atoms with Crippen molar-refractivity contribution in [3.63, 3.8) is 0 Å². The Morgan fingerprint density at radius 2 is 1.74 bits per heavy atom. The van der Waals surface area contributed by atoms with E-state index in [0.29, 0.717) is 23.1 Å². The summed E-state index contributed by atoms with van der Waals surface area (Å²) in [4.78, 5) is 0.331. The van der Waals surface area contributed by atoms with Crippen LogP contribution in [0.5, 0.6) is 0 Å². The van der Waals surface area contributed by atoms with E-state index in [1.54, 1.807) is 10.7 Å². The minimum atomic E-state index is -3.54. The fraction of sp³-hybridized carbons (Fsp3) is 0.409. The van der Waals surface area contributed by atoms with Crippen LogP contribution in [0.15, 0.2) is 35.2 Å². The van der Waals surface area contributed by atoms with Crippen molar-refractivity contribution in [3.8, 4) is 5.82 Å². The molecule has 0 saturated carbocycles. The van der Waals surface area contributed by atoms with Crippen LogP contribution < -0.4 is 10.0 Å². The van der Waals surface area contributed by atoms with E-state index in [1.807, 2.05) is 45.0 Å². The summed E-state index contributed by atoms with van der Waals surface area (Å²) in [6, 6.07) is 9.11. The van der Waals surface area contributed by atoms with E-state index in [0.717, 1.165) is 41.8 Å². The van der Waals surface area contributed by atoms with Crippen molar-refractivity contribution in [2.45, 2.75) is 51.3 Å². The number of hydrogen-bond acceptors (Lipinski definition) is 6. The number of rotatable bonds is 7. The molecule has 8 nitrogen and oxygen atoms in total. The molecule has 0 saturated heterocycles. The first-order chi connectivity index (χ1) is 14.8. The topological polar surface area (TPSA) is 102 Å². The summed E-state index contributed by atoms with van der Waals surface area (Å²) in [7, 11) is -3.54. The number of sulfonamides is 1. The number of aryl methyl sites for hydroxylation is 3. The first-order valence-corrected chi connectivity index (χ1v) is 12.1.